The van der Waals surface area contributed by atoms with Crippen molar-refractivity contribution < 1.29 is 23.7 Å². The first-order chi connectivity index (χ1) is 15.6. The van der Waals surface area contributed by atoms with Gasteiger partial charge in [0.05, 0.1) is 13.2 Å². The molecular weight excluding hydrogens is 411 g/mol. The fourth-order valence-corrected chi connectivity index (χ4v) is 4.24. The van der Waals surface area contributed by atoms with Crippen molar-refractivity contribution in [3.63, 3.8) is 0 Å². The molecule has 4 rings (SSSR count). The fourth-order valence-electron chi connectivity index (χ4n) is 4.24. The zero-order chi connectivity index (χ0) is 22.2. The van der Waals surface area contributed by atoms with Crippen LogP contribution in [0.25, 0.3) is 0 Å². The van der Waals surface area contributed by atoms with Crippen LogP contribution in [-0.4, -0.2) is 79.7 Å². The minimum Gasteiger partial charge on any atom is -0.492 e. The molecular formula is C25H33FN2O4. The number of nitrogens with zero attached hydrogens (tertiary/aromatic N) is 2. The molecule has 1 atom stereocenters. The smallest absolute Gasteiger partial charge is 0.134 e. The lowest BCUT2D eigenvalue weighted by molar-refractivity contribution is -0.0647. The average molecular weight is 445 g/mol. The second-order valence-corrected chi connectivity index (χ2v) is 8.77. The van der Waals surface area contributed by atoms with Crippen LogP contribution in [0.4, 0.5) is 4.39 Å². The van der Waals surface area contributed by atoms with Crippen molar-refractivity contribution in [1.29, 1.82) is 0 Å². The first-order valence-electron chi connectivity index (χ1n) is 11.4. The molecule has 0 aromatic heterocycles. The molecule has 32 heavy (non-hydrogen) atoms. The summed E-state index contributed by atoms with van der Waals surface area (Å²) in [6, 6.07) is 14.1. The largest absolute Gasteiger partial charge is 0.492 e. The third kappa shape index (κ3) is 6.90. The predicted molar refractivity (Wildman–Crippen MR) is 121 cm³/mol. The van der Waals surface area contributed by atoms with E-state index in [0.29, 0.717) is 32.1 Å². The maximum absolute atomic E-state index is 13.4. The van der Waals surface area contributed by atoms with Crippen molar-refractivity contribution in [3.05, 3.63) is 59.9 Å². The van der Waals surface area contributed by atoms with Crippen LogP contribution in [0.5, 0.6) is 11.5 Å². The molecule has 0 aliphatic carbocycles. The van der Waals surface area contributed by atoms with Crippen molar-refractivity contribution in [2.75, 3.05) is 59.2 Å². The predicted octanol–water partition coefficient (Wildman–Crippen LogP) is 2.94. The van der Waals surface area contributed by atoms with E-state index in [1.54, 1.807) is 12.1 Å². The second-order valence-electron chi connectivity index (χ2n) is 8.77. The van der Waals surface area contributed by atoms with Gasteiger partial charge in [0.1, 0.15) is 36.1 Å². The van der Waals surface area contributed by atoms with Crippen LogP contribution < -0.4 is 9.47 Å². The molecule has 2 saturated heterocycles. The molecule has 2 aromatic carbocycles. The monoisotopic (exact) mass is 444 g/mol. The molecule has 2 aliphatic heterocycles. The molecule has 0 bridgehead atoms. The zero-order valence-corrected chi connectivity index (χ0v) is 18.5. The van der Waals surface area contributed by atoms with E-state index in [2.05, 4.69) is 21.9 Å². The SMILES string of the molecule is O[C@]1(COc2cccc(F)c2)COCCN(Cc2ccc(OCCN3CCCC3)cc2)C1. The van der Waals surface area contributed by atoms with Gasteiger partial charge in [-0.3, -0.25) is 9.80 Å². The molecule has 0 unspecified atom stereocenters. The quantitative estimate of drug-likeness (QED) is 0.642. The van der Waals surface area contributed by atoms with E-state index in [4.69, 9.17) is 14.2 Å². The molecule has 1 N–H and O–H groups in total. The summed E-state index contributed by atoms with van der Waals surface area (Å²) in [6.45, 7) is 6.64. The third-order valence-corrected chi connectivity index (χ3v) is 5.95. The Hall–Kier alpha value is -2.19. The standard InChI is InChI=1S/C25H33FN2O4/c26-22-4-3-5-24(16-22)32-20-25(29)18-28(12-14-30-19-25)17-21-6-8-23(9-7-21)31-15-13-27-10-1-2-11-27/h3-9,16,29H,1-2,10-15,17-20H2/t25-/m0/s1. The Morgan fingerprint density at radius 3 is 2.56 bits per heavy atom. The van der Waals surface area contributed by atoms with Crippen molar-refractivity contribution in [1.82, 2.24) is 9.80 Å². The Bertz CT molecular complexity index is 844. The summed E-state index contributed by atoms with van der Waals surface area (Å²) in [6.07, 6.45) is 2.59. The number of likely N-dealkylation sites (tertiary alicyclic amines) is 1. The van der Waals surface area contributed by atoms with Gasteiger partial charge >= 0.3 is 0 Å². The number of halogens is 1. The van der Waals surface area contributed by atoms with Crippen LogP contribution in [0, 0.1) is 5.82 Å². The van der Waals surface area contributed by atoms with Gasteiger partial charge in [0.2, 0.25) is 0 Å². The zero-order valence-electron chi connectivity index (χ0n) is 18.5. The van der Waals surface area contributed by atoms with Crippen molar-refractivity contribution in [3.8, 4) is 11.5 Å². The Labute approximate surface area is 189 Å². The van der Waals surface area contributed by atoms with Crippen molar-refractivity contribution in [2.45, 2.75) is 25.0 Å². The van der Waals surface area contributed by atoms with Crippen LogP contribution >= 0.6 is 0 Å². The van der Waals surface area contributed by atoms with Crippen molar-refractivity contribution >= 4 is 0 Å². The Kier molecular flexibility index (Phi) is 7.97. The van der Waals surface area contributed by atoms with E-state index in [9.17, 15) is 9.50 Å². The van der Waals surface area contributed by atoms with E-state index >= 15 is 0 Å². The molecule has 7 heteroatoms. The number of hydrogen-bond acceptors (Lipinski definition) is 6. The highest BCUT2D eigenvalue weighted by atomic mass is 19.1. The summed E-state index contributed by atoms with van der Waals surface area (Å²) < 4.78 is 30.6. The van der Waals surface area contributed by atoms with Gasteiger partial charge in [-0.2, -0.15) is 0 Å². The average Bonchev–Trinajstić information content (AvgIpc) is 3.23. The summed E-state index contributed by atoms with van der Waals surface area (Å²) in [4.78, 5) is 4.60. The van der Waals surface area contributed by atoms with E-state index in [0.717, 1.165) is 24.4 Å². The number of rotatable bonds is 9. The summed E-state index contributed by atoms with van der Waals surface area (Å²) in [5, 5.41) is 11.1. The molecule has 0 spiro atoms. The molecule has 0 amide bonds. The van der Waals surface area contributed by atoms with Gasteiger partial charge in [-0.1, -0.05) is 18.2 Å². The first kappa shape index (κ1) is 23.0. The number of hydrogen-bond donors (Lipinski definition) is 1. The third-order valence-electron chi connectivity index (χ3n) is 5.95. The lowest BCUT2D eigenvalue weighted by Gasteiger charge is -2.30. The number of ether oxygens (including phenoxy) is 3. The normalized spacial score (nSPS) is 22.6. The Morgan fingerprint density at radius 1 is 0.969 bits per heavy atom. The molecule has 6 nitrogen and oxygen atoms in total. The summed E-state index contributed by atoms with van der Waals surface area (Å²) in [5.74, 6) is 0.915. The van der Waals surface area contributed by atoms with Crippen LogP contribution in [-0.2, 0) is 11.3 Å². The first-order valence-corrected chi connectivity index (χ1v) is 11.4. The molecule has 0 radical (unpaired) electrons. The number of benzene rings is 2. The van der Waals surface area contributed by atoms with Crippen molar-refractivity contribution in [2.24, 2.45) is 0 Å². The van der Waals surface area contributed by atoms with Gasteiger partial charge in [-0.05, 0) is 55.8 Å². The van der Waals surface area contributed by atoms with Gasteiger partial charge in [-0.25, -0.2) is 4.39 Å². The molecule has 0 saturated carbocycles. The van der Waals surface area contributed by atoms with Crippen LogP contribution in [0.2, 0.25) is 0 Å². The molecule has 2 fully saturated rings. The van der Waals surface area contributed by atoms with E-state index < -0.39 is 5.60 Å². The highest BCUT2D eigenvalue weighted by molar-refractivity contribution is 5.27. The highest BCUT2D eigenvalue weighted by Crippen LogP contribution is 2.20. The minimum atomic E-state index is -1.17. The van der Waals surface area contributed by atoms with Gasteiger partial charge < -0.3 is 19.3 Å². The fraction of sp³-hybridized carbons (Fsp3) is 0.520. The highest BCUT2D eigenvalue weighted by Gasteiger charge is 2.33. The molecule has 174 valence electrons. The summed E-state index contributed by atoms with van der Waals surface area (Å²) in [5.41, 5.74) is -0.0197. The summed E-state index contributed by atoms with van der Waals surface area (Å²) in [7, 11) is 0. The van der Waals surface area contributed by atoms with Gasteiger partial charge in [0, 0.05) is 32.2 Å². The van der Waals surface area contributed by atoms with Crippen LogP contribution in [0.15, 0.2) is 48.5 Å². The van der Waals surface area contributed by atoms with Gasteiger partial charge in [-0.15, -0.1) is 0 Å². The lowest BCUT2D eigenvalue weighted by Crippen LogP contribution is -2.48. The maximum atomic E-state index is 13.4. The molecule has 2 heterocycles. The maximum Gasteiger partial charge on any atom is 0.134 e. The van der Waals surface area contributed by atoms with E-state index in [1.807, 2.05) is 12.1 Å². The topological polar surface area (TPSA) is 54.4 Å². The van der Waals surface area contributed by atoms with E-state index in [-0.39, 0.29) is 19.0 Å². The Balaban J connectivity index is 1.26. The minimum absolute atomic E-state index is 0.0384. The van der Waals surface area contributed by atoms with Crippen LogP contribution in [0.1, 0.15) is 18.4 Å². The van der Waals surface area contributed by atoms with E-state index in [1.165, 1.54) is 38.1 Å². The van der Waals surface area contributed by atoms with Crippen LogP contribution in [0.3, 0.4) is 0 Å². The number of β-amino-alcohol motifs (C(OH)–C–C–N with tert-alkyl or cyclic N) is 1. The number of aliphatic hydroxyl groups is 1. The molecule has 2 aromatic rings. The Morgan fingerprint density at radius 2 is 1.78 bits per heavy atom. The van der Waals surface area contributed by atoms with Gasteiger partial charge in [0.15, 0.2) is 0 Å². The lowest BCUT2D eigenvalue weighted by atomic mass is 10.1. The molecule has 2 aliphatic rings. The summed E-state index contributed by atoms with van der Waals surface area (Å²) >= 11 is 0. The van der Waals surface area contributed by atoms with Gasteiger partial charge in [0.25, 0.3) is 0 Å². The second kappa shape index (κ2) is 11.1.